The van der Waals surface area contributed by atoms with Crippen LogP contribution in [-0.2, 0) is 16.6 Å². The minimum atomic E-state index is -3.33. The van der Waals surface area contributed by atoms with Gasteiger partial charge in [0.25, 0.3) is 5.91 Å². The Kier molecular flexibility index (Phi) is 5.40. The number of pyridine rings is 1. The molecular weight excluding hydrogens is 328 g/mol. The minimum absolute atomic E-state index is 0.241. The van der Waals surface area contributed by atoms with Crippen molar-refractivity contribution in [2.24, 2.45) is 0 Å². The van der Waals surface area contributed by atoms with Crippen molar-refractivity contribution in [3.8, 4) is 0 Å². The topological polar surface area (TPSA) is 91.4 Å². The Labute approximate surface area is 141 Å². The van der Waals surface area contributed by atoms with Gasteiger partial charge in [-0.2, -0.15) is 0 Å². The molecule has 8 heteroatoms. The van der Waals surface area contributed by atoms with Gasteiger partial charge in [0.2, 0.25) is 10.0 Å². The van der Waals surface area contributed by atoms with Gasteiger partial charge in [-0.15, -0.1) is 0 Å². The van der Waals surface area contributed by atoms with Crippen LogP contribution in [0.2, 0.25) is 0 Å². The molecule has 0 saturated carbocycles. The molecule has 0 atom stereocenters. The van der Waals surface area contributed by atoms with Crippen LogP contribution in [0.25, 0.3) is 0 Å². The third-order valence-corrected chi connectivity index (χ3v) is 3.76. The number of hydrogen-bond donors (Lipinski definition) is 2. The molecule has 1 aromatic heterocycles. The molecule has 1 aromatic carbocycles. The molecule has 0 fully saturated rings. The van der Waals surface area contributed by atoms with Crippen LogP contribution in [0, 0.1) is 0 Å². The maximum Gasteiger partial charge on any atom is 0.253 e. The zero-order chi connectivity index (χ0) is 17.7. The summed E-state index contributed by atoms with van der Waals surface area (Å²) >= 11 is 0. The van der Waals surface area contributed by atoms with Crippen molar-refractivity contribution in [3.63, 3.8) is 0 Å². The Morgan fingerprint density at radius 2 is 1.96 bits per heavy atom. The smallest absolute Gasteiger partial charge is 0.253 e. The number of hydrogen-bond acceptors (Lipinski definition) is 5. The van der Waals surface area contributed by atoms with Gasteiger partial charge in [0.1, 0.15) is 5.82 Å². The number of amides is 1. The van der Waals surface area contributed by atoms with Crippen molar-refractivity contribution in [1.82, 2.24) is 10.3 Å². The second kappa shape index (κ2) is 7.31. The Morgan fingerprint density at radius 1 is 1.21 bits per heavy atom. The Balaban J connectivity index is 2.00. The second-order valence-corrected chi connectivity index (χ2v) is 7.31. The fourth-order valence-electron chi connectivity index (χ4n) is 2.03. The van der Waals surface area contributed by atoms with E-state index in [1.807, 2.05) is 19.0 Å². The predicted octanol–water partition coefficient (Wildman–Crippen LogP) is 1.45. The summed E-state index contributed by atoms with van der Waals surface area (Å²) in [6.45, 7) is 0.285. The van der Waals surface area contributed by atoms with Gasteiger partial charge < -0.3 is 10.2 Å². The first-order valence-electron chi connectivity index (χ1n) is 7.23. The van der Waals surface area contributed by atoms with E-state index in [1.165, 1.54) is 6.20 Å². The summed E-state index contributed by atoms with van der Waals surface area (Å²) in [5.74, 6) is 0.528. The maximum absolute atomic E-state index is 12.1. The first-order chi connectivity index (χ1) is 11.2. The molecule has 0 radical (unpaired) electrons. The summed E-state index contributed by atoms with van der Waals surface area (Å²) in [5, 5.41) is 2.78. The number of carbonyl (C=O) groups is 1. The molecule has 2 aromatic rings. The van der Waals surface area contributed by atoms with Gasteiger partial charge in [0.15, 0.2) is 0 Å². The molecule has 0 saturated heterocycles. The highest BCUT2D eigenvalue weighted by atomic mass is 32.2. The van der Waals surface area contributed by atoms with Crippen LogP contribution in [0.4, 0.5) is 11.5 Å². The quantitative estimate of drug-likeness (QED) is 0.824. The first kappa shape index (κ1) is 17.7. The molecule has 1 heterocycles. The van der Waals surface area contributed by atoms with Gasteiger partial charge in [-0.25, -0.2) is 13.4 Å². The zero-order valence-corrected chi connectivity index (χ0v) is 14.6. The van der Waals surface area contributed by atoms with Crippen molar-refractivity contribution in [1.29, 1.82) is 0 Å². The zero-order valence-electron chi connectivity index (χ0n) is 13.8. The molecule has 0 aliphatic carbocycles. The molecule has 0 unspecified atom stereocenters. The van der Waals surface area contributed by atoms with Gasteiger partial charge in [-0.05, 0) is 29.8 Å². The highest BCUT2D eigenvalue weighted by Crippen LogP contribution is 2.12. The first-order valence-corrected chi connectivity index (χ1v) is 9.12. The highest BCUT2D eigenvalue weighted by Gasteiger charge is 2.07. The monoisotopic (exact) mass is 348 g/mol. The van der Waals surface area contributed by atoms with E-state index in [9.17, 15) is 13.2 Å². The van der Waals surface area contributed by atoms with Gasteiger partial charge in [-0.3, -0.25) is 9.52 Å². The van der Waals surface area contributed by atoms with Gasteiger partial charge in [0, 0.05) is 32.5 Å². The Hall–Kier alpha value is -2.61. The van der Waals surface area contributed by atoms with Crippen LogP contribution in [-0.4, -0.2) is 39.7 Å². The predicted molar refractivity (Wildman–Crippen MR) is 94.6 cm³/mol. The van der Waals surface area contributed by atoms with Gasteiger partial charge in [0.05, 0.1) is 11.8 Å². The summed E-state index contributed by atoms with van der Waals surface area (Å²) in [5.41, 5.74) is 1.71. The van der Waals surface area contributed by atoms with E-state index >= 15 is 0 Å². The molecule has 0 aliphatic rings. The standard InChI is InChI=1S/C16H20N4O3S/c1-20(2)15-8-7-13(11-17-15)16(21)18-10-12-5-4-6-14(9-12)19-24(3,22)23/h4-9,11,19H,10H2,1-3H3,(H,18,21). The maximum atomic E-state index is 12.1. The summed E-state index contributed by atoms with van der Waals surface area (Å²) in [4.78, 5) is 18.2. The van der Waals surface area contributed by atoms with Crippen LogP contribution >= 0.6 is 0 Å². The normalized spacial score (nSPS) is 11.0. The fraction of sp³-hybridized carbons (Fsp3) is 0.250. The Morgan fingerprint density at radius 3 is 2.54 bits per heavy atom. The third-order valence-electron chi connectivity index (χ3n) is 3.15. The summed E-state index contributed by atoms with van der Waals surface area (Å²) in [6.07, 6.45) is 2.61. The number of anilines is 2. The van der Waals surface area contributed by atoms with Crippen molar-refractivity contribution in [2.45, 2.75) is 6.54 Å². The lowest BCUT2D eigenvalue weighted by molar-refractivity contribution is 0.0950. The summed E-state index contributed by atoms with van der Waals surface area (Å²) in [6, 6.07) is 10.3. The number of sulfonamides is 1. The molecular formula is C16H20N4O3S. The molecule has 0 bridgehead atoms. The molecule has 128 valence electrons. The molecule has 7 nitrogen and oxygen atoms in total. The SMILES string of the molecule is CN(C)c1ccc(C(=O)NCc2cccc(NS(C)(=O)=O)c2)cn1. The number of carbonyl (C=O) groups excluding carboxylic acids is 1. The molecule has 24 heavy (non-hydrogen) atoms. The van der Waals surface area contributed by atoms with Crippen LogP contribution in [0.3, 0.4) is 0 Å². The van der Waals surface area contributed by atoms with Crippen LogP contribution in [0.15, 0.2) is 42.6 Å². The van der Waals surface area contributed by atoms with Crippen molar-refractivity contribution >= 4 is 27.4 Å². The van der Waals surface area contributed by atoms with Crippen LogP contribution in [0.1, 0.15) is 15.9 Å². The van der Waals surface area contributed by atoms with Gasteiger partial charge >= 0.3 is 0 Å². The van der Waals surface area contributed by atoms with Crippen molar-refractivity contribution < 1.29 is 13.2 Å². The average molecular weight is 348 g/mol. The number of benzene rings is 1. The minimum Gasteiger partial charge on any atom is -0.363 e. The molecule has 0 spiro atoms. The number of rotatable bonds is 6. The van der Waals surface area contributed by atoms with Crippen LogP contribution in [0.5, 0.6) is 0 Å². The lowest BCUT2D eigenvalue weighted by Gasteiger charge is -2.11. The van der Waals surface area contributed by atoms with Crippen molar-refractivity contribution in [2.75, 3.05) is 30.0 Å². The van der Waals surface area contributed by atoms with E-state index in [2.05, 4.69) is 15.0 Å². The molecule has 2 rings (SSSR count). The van der Waals surface area contributed by atoms with E-state index in [0.29, 0.717) is 11.3 Å². The molecule has 2 N–H and O–H groups in total. The largest absolute Gasteiger partial charge is 0.363 e. The van der Waals surface area contributed by atoms with E-state index in [1.54, 1.807) is 36.4 Å². The summed E-state index contributed by atoms with van der Waals surface area (Å²) < 4.78 is 24.9. The fourth-order valence-corrected chi connectivity index (χ4v) is 2.58. The molecule has 1 amide bonds. The van der Waals surface area contributed by atoms with E-state index in [0.717, 1.165) is 17.6 Å². The third kappa shape index (κ3) is 5.24. The van der Waals surface area contributed by atoms with Crippen LogP contribution < -0.4 is 14.9 Å². The number of aromatic nitrogens is 1. The average Bonchev–Trinajstić information content (AvgIpc) is 2.51. The lowest BCUT2D eigenvalue weighted by atomic mass is 10.2. The van der Waals surface area contributed by atoms with E-state index in [4.69, 9.17) is 0 Å². The summed E-state index contributed by atoms with van der Waals surface area (Å²) in [7, 11) is 0.420. The van der Waals surface area contributed by atoms with E-state index < -0.39 is 10.0 Å². The molecule has 0 aliphatic heterocycles. The number of nitrogens with zero attached hydrogens (tertiary/aromatic N) is 2. The van der Waals surface area contributed by atoms with Gasteiger partial charge in [-0.1, -0.05) is 12.1 Å². The van der Waals surface area contributed by atoms with E-state index in [-0.39, 0.29) is 12.5 Å². The second-order valence-electron chi connectivity index (χ2n) is 5.56. The lowest BCUT2D eigenvalue weighted by Crippen LogP contribution is -2.23. The number of nitrogens with one attached hydrogen (secondary N) is 2. The highest BCUT2D eigenvalue weighted by molar-refractivity contribution is 7.92. The Bertz CT molecular complexity index is 817. The van der Waals surface area contributed by atoms with Crippen molar-refractivity contribution in [3.05, 3.63) is 53.7 Å².